The molecule has 3 nitrogen and oxygen atoms in total. The Morgan fingerprint density at radius 2 is 1.83 bits per heavy atom. The SMILES string of the molecule is COc1ccc(C(C)C)cc1C(=O)C(N)C(C)C. The number of ketones is 1. The van der Waals surface area contributed by atoms with Gasteiger partial charge in [0.15, 0.2) is 5.78 Å². The summed E-state index contributed by atoms with van der Waals surface area (Å²) in [6.45, 7) is 8.08. The lowest BCUT2D eigenvalue weighted by Gasteiger charge is -2.17. The van der Waals surface area contributed by atoms with Crippen LogP contribution in [-0.4, -0.2) is 18.9 Å². The van der Waals surface area contributed by atoms with Crippen LogP contribution in [0.4, 0.5) is 0 Å². The van der Waals surface area contributed by atoms with Gasteiger partial charge in [-0.2, -0.15) is 0 Å². The standard InChI is InChI=1S/C15H23NO2/c1-9(2)11-6-7-13(18-5)12(8-11)15(17)14(16)10(3)4/h6-10,14H,16H2,1-5H3. The zero-order valence-electron chi connectivity index (χ0n) is 11.9. The summed E-state index contributed by atoms with van der Waals surface area (Å²) in [5.41, 5.74) is 7.65. The molecule has 0 radical (unpaired) electrons. The maximum Gasteiger partial charge on any atom is 0.183 e. The number of benzene rings is 1. The van der Waals surface area contributed by atoms with Crippen LogP contribution in [0.25, 0.3) is 0 Å². The van der Waals surface area contributed by atoms with Gasteiger partial charge >= 0.3 is 0 Å². The minimum atomic E-state index is -0.485. The van der Waals surface area contributed by atoms with Crippen LogP contribution in [0.3, 0.4) is 0 Å². The van der Waals surface area contributed by atoms with Crippen molar-refractivity contribution in [3.63, 3.8) is 0 Å². The molecule has 0 aliphatic heterocycles. The van der Waals surface area contributed by atoms with E-state index in [1.54, 1.807) is 7.11 Å². The molecule has 2 N–H and O–H groups in total. The molecule has 100 valence electrons. The fourth-order valence-corrected chi connectivity index (χ4v) is 1.76. The molecule has 0 fully saturated rings. The summed E-state index contributed by atoms with van der Waals surface area (Å²) in [6, 6.07) is 5.24. The fourth-order valence-electron chi connectivity index (χ4n) is 1.76. The third kappa shape index (κ3) is 3.10. The molecule has 0 aliphatic rings. The number of carbonyl (C=O) groups is 1. The average Bonchev–Trinajstić information content (AvgIpc) is 2.35. The number of rotatable bonds is 5. The van der Waals surface area contributed by atoms with Crippen LogP contribution in [0.5, 0.6) is 5.75 Å². The van der Waals surface area contributed by atoms with Gasteiger partial charge in [-0.25, -0.2) is 0 Å². The second-order valence-electron chi connectivity index (χ2n) is 5.25. The van der Waals surface area contributed by atoms with E-state index in [-0.39, 0.29) is 11.7 Å². The molecular formula is C15H23NO2. The Morgan fingerprint density at radius 1 is 1.22 bits per heavy atom. The van der Waals surface area contributed by atoms with Crippen molar-refractivity contribution >= 4 is 5.78 Å². The third-order valence-corrected chi connectivity index (χ3v) is 3.18. The maximum atomic E-state index is 12.3. The van der Waals surface area contributed by atoms with Gasteiger partial charge in [0.2, 0.25) is 0 Å². The smallest absolute Gasteiger partial charge is 0.183 e. The molecule has 0 spiro atoms. The molecule has 0 bridgehead atoms. The first-order valence-electron chi connectivity index (χ1n) is 6.36. The number of Topliss-reactive ketones (excluding diaryl/α,β-unsaturated/α-hetero) is 1. The van der Waals surface area contributed by atoms with Crippen molar-refractivity contribution in [1.82, 2.24) is 0 Å². The number of ether oxygens (including phenoxy) is 1. The Kier molecular flexibility index (Phi) is 4.91. The van der Waals surface area contributed by atoms with Gasteiger partial charge in [-0.1, -0.05) is 33.8 Å². The normalized spacial score (nSPS) is 12.9. The average molecular weight is 249 g/mol. The van der Waals surface area contributed by atoms with Gasteiger partial charge in [0.05, 0.1) is 18.7 Å². The maximum absolute atomic E-state index is 12.3. The molecule has 1 aromatic carbocycles. The number of hydrogen-bond donors (Lipinski definition) is 1. The van der Waals surface area contributed by atoms with E-state index in [0.29, 0.717) is 17.2 Å². The van der Waals surface area contributed by atoms with Crippen LogP contribution in [0, 0.1) is 5.92 Å². The predicted octanol–water partition coefficient (Wildman–Crippen LogP) is 2.98. The van der Waals surface area contributed by atoms with Gasteiger partial charge in [-0.3, -0.25) is 4.79 Å². The van der Waals surface area contributed by atoms with E-state index in [1.165, 1.54) is 0 Å². The van der Waals surface area contributed by atoms with Crippen LogP contribution in [0.15, 0.2) is 18.2 Å². The van der Waals surface area contributed by atoms with Gasteiger partial charge in [0, 0.05) is 0 Å². The van der Waals surface area contributed by atoms with Gasteiger partial charge < -0.3 is 10.5 Å². The van der Waals surface area contributed by atoms with Crippen molar-refractivity contribution in [1.29, 1.82) is 0 Å². The van der Waals surface area contributed by atoms with E-state index in [4.69, 9.17) is 10.5 Å². The van der Waals surface area contributed by atoms with Crippen molar-refractivity contribution in [2.75, 3.05) is 7.11 Å². The fraction of sp³-hybridized carbons (Fsp3) is 0.533. The van der Waals surface area contributed by atoms with Crippen molar-refractivity contribution in [2.24, 2.45) is 11.7 Å². The van der Waals surface area contributed by atoms with Crippen LogP contribution < -0.4 is 10.5 Å². The molecule has 3 heteroatoms. The lowest BCUT2D eigenvalue weighted by molar-refractivity contribution is 0.0937. The number of methoxy groups -OCH3 is 1. The van der Waals surface area contributed by atoms with Crippen LogP contribution >= 0.6 is 0 Å². The molecule has 0 amide bonds. The molecule has 0 aliphatic carbocycles. The van der Waals surface area contributed by atoms with E-state index in [0.717, 1.165) is 5.56 Å². The summed E-state index contributed by atoms with van der Waals surface area (Å²) in [6.07, 6.45) is 0. The van der Waals surface area contributed by atoms with Gasteiger partial charge in [-0.05, 0) is 29.5 Å². The molecule has 18 heavy (non-hydrogen) atoms. The van der Waals surface area contributed by atoms with Gasteiger partial charge in [-0.15, -0.1) is 0 Å². The van der Waals surface area contributed by atoms with Crippen LogP contribution in [0.2, 0.25) is 0 Å². The summed E-state index contributed by atoms with van der Waals surface area (Å²) in [5.74, 6) is 1.03. The second kappa shape index (κ2) is 6.01. The number of carbonyl (C=O) groups excluding carboxylic acids is 1. The Morgan fingerprint density at radius 3 is 2.28 bits per heavy atom. The topological polar surface area (TPSA) is 52.3 Å². The molecule has 0 saturated carbocycles. The molecule has 0 saturated heterocycles. The summed E-state index contributed by atoms with van der Waals surface area (Å²) >= 11 is 0. The highest BCUT2D eigenvalue weighted by Gasteiger charge is 2.22. The van der Waals surface area contributed by atoms with Gasteiger partial charge in [0.1, 0.15) is 5.75 Å². The summed E-state index contributed by atoms with van der Waals surface area (Å²) in [4.78, 5) is 12.3. The first kappa shape index (κ1) is 14.7. The van der Waals surface area contributed by atoms with E-state index in [1.807, 2.05) is 32.0 Å². The minimum Gasteiger partial charge on any atom is -0.496 e. The van der Waals surface area contributed by atoms with Crippen molar-refractivity contribution < 1.29 is 9.53 Å². The van der Waals surface area contributed by atoms with E-state index >= 15 is 0 Å². The number of nitrogens with two attached hydrogens (primary N) is 1. The summed E-state index contributed by atoms with van der Waals surface area (Å²) in [7, 11) is 1.57. The lowest BCUT2D eigenvalue weighted by Crippen LogP contribution is -2.35. The summed E-state index contributed by atoms with van der Waals surface area (Å²) < 4.78 is 5.25. The van der Waals surface area contributed by atoms with Crippen LogP contribution in [0.1, 0.15) is 49.5 Å². The number of hydrogen-bond acceptors (Lipinski definition) is 3. The Labute approximate surface area is 109 Å². The van der Waals surface area contributed by atoms with Crippen LogP contribution in [-0.2, 0) is 0 Å². The van der Waals surface area contributed by atoms with Gasteiger partial charge in [0.25, 0.3) is 0 Å². The Hall–Kier alpha value is -1.35. The Balaban J connectivity index is 3.19. The third-order valence-electron chi connectivity index (χ3n) is 3.18. The molecule has 1 aromatic rings. The van der Waals surface area contributed by atoms with Crippen molar-refractivity contribution in [3.8, 4) is 5.75 Å². The Bertz CT molecular complexity index is 425. The molecular weight excluding hydrogens is 226 g/mol. The predicted molar refractivity (Wildman–Crippen MR) is 74.2 cm³/mol. The molecule has 1 rings (SSSR count). The van der Waals surface area contributed by atoms with Crippen molar-refractivity contribution in [3.05, 3.63) is 29.3 Å². The molecule has 0 heterocycles. The largest absolute Gasteiger partial charge is 0.496 e. The van der Waals surface area contributed by atoms with E-state index in [2.05, 4.69) is 13.8 Å². The molecule has 1 atom stereocenters. The minimum absolute atomic E-state index is 0.0515. The van der Waals surface area contributed by atoms with Crippen molar-refractivity contribution in [2.45, 2.75) is 39.7 Å². The zero-order chi connectivity index (χ0) is 13.9. The highest BCUT2D eigenvalue weighted by Crippen LogP contribution is 2.26. The zero-order valence-corrected chi connectivity index (χ0v) is 11.9. The quantitative estimate of drug-likeness (QED) is 0.816. The highest BCUT2D eigenvalue weighted by molar-refractivity contribution is 6.02. The molecule has 0 aromatic heterocycles. The monoisotopic (exact) mass is 249 g/mol. The van der Waals surface area contributed by atoms with E-state index < -0.39 is 6.04 Å². The molecule has 1 unspecified atom stereocenters. The first-order chi connectivity index (χ1) is 8.38. The first-order valence-corrected chi connectivity index (χ1v) is 6.36. The van der Waals surface area contributed by atoms with E-state index in [9.17, 15) is 4.79 Å². The lowest BCUT2D eigenvalue weighted by atomic mass is 9.92. The second-order valence-corrected chi connectivity index (χ2v) is 5.25. The summed E-state index contributed by atoms with van der Waals surface area (Å²) in [5, 5.41) is 0. The highest BCUT2D eigenvalue weighted by atomic mass is 16.5.